The van der Waals surface area contributed by atoms with Crippen molar-refractivity contribution in [2.75, 3.05) is 16.0 Å². The monoisotopic (exact) mass is 437 g/mol. The summed E-state index contributed by atoms with van der Waals surface area (Å²) in [4.78, 5) is 29.7. The molecule has 33 heavy (non-hydrogen) atoms. The van der Waals surface area contributed by atoms with Crippen LogP contribution in [0.3, 0.4) is 0 Å². The number of fused-ring (bicyclic) bond motifs is 3. The molecule has 0 bridgehead atoms. The Morgan fingerprint density at radius 3 is 2.27 bits per heavy atom. The zero-order valence-electron chi connectivity index (χ0n) is 18.3. The van der Waals surface area contributed by atoms with Crippen LogP contribution in [0, 0.1) is 0 Å². The van der Waals surface area contributed by atoms with Crippen LogP contribution in [0.4, 0.5) is 17.3 Å². The standard InChI is InChI=1S/C26H23N5O2/c1-16-23(25(33)29-19-8-4-3-5-9-19)24(18-12-14-20(15-13-18)28-17(2)32)31-22-11-7-6-10-21(22)30-26(31)27-16/h3-15,24H,1-2H3,(H,27,30)(H,28,32)(H,29,33)/t24-/m1/s1. The van der Waals surface area contributed by atoms with Crippen LogP contribution >= 0.6 is 0 Å². The fraction of sp³-hybridized carbons (Fsp3) is 0.115. The van der Waals surface area contributed by atoms with E-state index < -0.39 is 6.04 Å². The van der Waals surface area contributed by atoms with Gasteiger partial charge in [-0.25, -0.2) is 4.98 Å². The SMILES string of the molecule is CC(=O)Nc1ccc([C@@H]2C(C(=O)Nc3ccccc3)=C(C)Nc3nc4ccccc4n32)cc1. The first-order valence-corrected chi connectivity index (χ1v) is 10.7. The Balaban J connectivity index is 1.63. The summed E-state index contributed by atoms with van der Waals surface area (Å²) in [6.07, 6.45) is 0. The zero-order valence-corrected chi connectivity index (χ0v) is 18.3. The van der Waals surface area contributed by atoms with Crippen molar-refractivity contribution in [1.29, 1.82) is 0 Å². The van der Waals surface area contributed by atoms with Crippen molar-refractivity contribution >= 4 is 40.2 Å². The van der Waals surface area contributed by atoms with E-state index in [9.17, 15) is 9.59 Å². The molecular formula is C26H23N5O2. The van der Waals surface area contributed by atoms with Gasteiger partial charge < -0.3 is 16.0 Å². The van der Waals surface area contributed by atoms with Gasteiger partial charge in [-0.3, -0.25) is 14.2 Å². The minimum absolute atomic E-state index is 0.133. The van der Waals surface area contributed by atoms with E-state index in [1.165, 1.54) is 6.92 Å². The molecule has 0 spiro atoms. The van der Waals surface area contributed by atoms with Gasteiger partial charge in [-0.1, -0.05) is 42.5 Å². The third-order valence-corrected chi connectivity index (χ3v) is 5.65. The van der Waals surface area contributed by atoms with Gasteiger partial charge in [0.1, 0.15) is 0 Å². The Bertz CT molecular complexity index is 1390. The van der Waals surface area contributed by atoms with E-state index >= 15 is 0 Å². The number of carbonyl (C=O) groups excluding carboxylic acids is 2. The number of rotatable bonds is 4. The normalized spacial score (nSPS) is 15.0. The summed E-state index contributed by atoms with van der Waals surface area (Å²) in [6.45, 7) is 3.37. The van der Waals surface area contributed by atoms with E-state index in [1.807, 2.05) is 85.8 Å². The van der Waals surface area contributed by atoms with Gasteiger partial charge in [-0.05, 0) is 48.9 Å². The lowest BCUT2D eigenvalue weighted by Crippen LogP contribution is -2.30. The Morgan fingerprint density at radius 2 is 1.55 bits per heavy atom. The first-order chi connectivity index (χ1) is 16.0. The van der Waals surface area contributed by atoms with Crippen molar-refractivity contribution in [2.45, 2.75) is 19.9 Å². The number of anilines is 3. The van der Waals surface area contributed by atoms with Crippen LogP contribution in [-0.2, 0) is 9.59 Å². The van der Waals surface area contributed by atoms with Crippen LogP contribution in [-0.4, -0.2) is 21.4 Å². The first-order valence-electron chi connectivity index (χ1n) is 10.7. The third kappa shape index (κ3) is 3.85. The van der Waals surface area contributed by atoms with E-state index in [-0.39, 0.29) is 11.8 Å². The van der Waals surface area contributed by atoms with E-state index in [1.54, 1.807) is 0 Å². The maximum absolute atomic E-state index is 13.5. The van der Waals surface area contributed by atoms with Crippen LogP contribution < -0.4 is 16.0 Å². The van der Waals surface area contributed by atoms with E-state index in [4.69, 9.17) is 4.98 Å². The molecule has 4 aromatic rings. The van der Waals surface area contributed by atoms with Gasteiger partial charge in [0, 0.05) is 24.0 Å². The van der Waals surface area contributed by atoms with E-state index in [0.717, 1.165) is 28.0 Å². The molecule has 0 unspecified atom stereocenters. The molecule has 7 nitrogen and oxygen atoms in total. The summed E-state index contributed by atoms with van der Waals surface area (Å²) in [5.74, 6) is 0.359. The van der Waals surface area contributed by atoms with Crippen molar-refractivity contribution in [3.05, 3.63) is 95.7 Å². The molecule has 3 N–H and O–H groups in total. The fourth-order valence-electron chi connectivity index (χ4n) is 4.25. The summed E-state index contributed by atoms with van der Waals surface area (Å²) in [5, 5.41) is 9.13. The average molecular weight is 438 g/mol. The van der Waals surface area contributed by atoms with Gasteiger partial charge >= 0.3 is 0 Å². The molecule has 0 fully saturated rings. The van der Waals surface area contributed by atoms with E-state index in [2.05, 4.69) is 20.5 Å². The number of nitrogens with one attached hydrogen (secondary N) is 3. The lowest BCUT2D eigenvalue weighted by molar-refractivity contribution is -0.114. The topological polar surface area (TPSA) is 88.1 Å². The number of carbonyl (C=O) groups is 2. The molecule has 1 aromatic heterocycles. The highest BCUT2D eigenvalue weighted by atomic mass is 16.2. The van der Waals surface area contributed by atoms with Gasteiger partial charge in [-0.15, -0.1) is 0 Å². The zero-order chi connectivity index (χ0) is 22.9. The van der Waals surface area contributed by atoms with Crippen LogP contribution in [0.25, 0.3) is 11.0 Å². The molecule has 1 aliphatic heterocycles. The molecule has 164 valence electrons. The quantitative estimate of drug-likeness (QED) is 0.423. The molecule has 5 rings (SSSR count). The molecular weight excluding hydrogens is 414 g/mol. The van der Waals surface area contributed by atoms with Crippen LogP contribution in [0.1, 0.15) is 25.5 Å². The Labute approximate surface area is 191 Å². The second-order valence-corrected chi connectivity index (χ2v) is 7.98. The summed E-state index contributed by atoms with van der Waals surface area (Å²) in [7, 11) is 0. The van der Waals surface area contributed by atoms with Crippen molar-refractivity contribution in [1.82, 2.24) is 9.55 Å². The van der Waals surface area contributed by atoms with Gasteiger partial charge in [-0.2, -0.15) is 0 Å². The first kappa shape index (κ1) is 20.5. The highest BCUT2D eigenvalue weighted by Crippen LogP contribution is 2.39. The largest absolute Gasteiger partial charge is 0.329 e. The van der Waals surface area contributed by atoms with Gasteiger partial charge in [0.25, 0.3) is 5.91 Å². The number of allylic oxidation sites excluding steroid dienone is 1. The number of para-hydroxylation sites is 3. The fourth-order valence-corrected chi connectivity index (χ4v) is 4.25. The van der Waals surface area contributed by atoms with Crippen LogP contribution in [0.2, 0.25) is 0 Å². The second kappa shape index (κ2) is 8.27. The summed E-state index contributed by atoms with van der Waals surface area (Å²) in [6, 6.07) is 24.4. The van der Waals surface area contributed by atoms with Gasteiger partial charge in [0.15, 0.2) is 0 Å². The molecule has 1 atom stereocenters. The minimum Gasteiger partial charge on any atom is -0.329 e. The molecule has 0 saturated carbocycles. The molecule has 3 aromatic carbocycles. The van der Waals surface area contributed by atoms with Crippen molar-refractivity contribution < 1.29 is 9.59 Å². The molecule has 2 heterocycles. The average Bonchev–Trinajstić information content (AvgIpc) is 3.17. The third-order valence-electron chi connectivity index (χ3n) is 5.65. The molecule has 7 heteroatoms. The number of amides is 2. The lowest BCUT2D eigenvalue weighted by atomic mass is 9.94. The van der Waals surface area contributed by atoms with Crippen LogP contribution in [0.15, 0.2) is 90.1 Å². The predicted octanol–water partition coefficient (Wildman–Crippen LogP) is 4.92. The highest BCUT2D eigenvalue weighted by molar-refractivity contribution is 6.06. The number of nitrogens with zero attached hydrogens (tertiary/aromatic N) is 2. The van der Waals surface area contributed by atoms with Crippen molar-refractivity contribution in [3.8, 4) is 0 Å². The Morgan fingerprint density at radius 1 is 0.879 bits per heavy atom. The number of hydrogen-bond acceptors (Lipinski definition) is 4. The molecule has 0 aliphatic carbocycles. The predicted molar refractivity (Wildman–Crippen MR) is 130 cm³/mol. The van der Waals surface area contributed by atoms with Gasteiger partial charge in [0.2, 0.25) is 11.9 Å². The number of imidazole rings is 1. The maximum atomic E-state index is 13.5. The lowest BCUT2D eigenvalue weighted by Gasteiger charge is -2.31. The maximum Gasteiger partial charge on any atom is 0.255 e. The van der Waals surface area contributed by atoms with Crippen molar-refractivity contribution in [2.24, 2.45) is 0 Å². The smallest absolute Gasteiger partial charge is 0.255 e. The summed E-state index contributed by atoms with van der Waals surface area (Å²) >= 11 is 0. The van der Waals surface area contributed by atoms with Crippen LogP contribution in [0.5, 0.6) is 0 Å². The summed E-state index contributed by atoms with van der Waals surface area (Å²) in [5.41, 5.74) is 5.44. The summed E-state index contributed by atoms with van der Waals surface area (Å²) < 4.78 is 2.05. The number of hydrogen-bond donors (Lipinski definition) is 3. The number of aromatic nitrogens is 2. The van der Waals surface area contributed by atoms with Gasteiger partial charge in [0.05, 0.1) is 22.6 Å². The molecule has 1 aliphatic rings. The Kier molecular flexibility index (Phi) is 5.14. The molecule has 0 saturated heterocycles. The van der Waals surface area contributed by atoms with Crippen molar-refractivity contribution in [3.63, 3.8) is 0 Å². The Hall–Kier alpha value is -4.39. The highest BCUT2D eigenvalue weighted by Gasteiger charge is 2.34. The number of benzene rings is 3. The molecule has 0 radical (unpaired) electrons. The molecule has 2 amide bonds. The second-order valence-electron chi connectivity index (χ2n) is 7.98. The minimum atomic E-state index is -0.399. The van der Waals surface area contributed by atoms with E-state index in [0.29, 0.717) is 17.2 Å².